The number of methoxy groups -OCH3 is 2. The van der Waals surface area contributed by atoms with E-state index in [0.29, 0.717) is 37.8 Å². The van der Waals surface area contributed by atoms with Gasteiger partial charge in [0.25, 0.3) is 5.56 Å². The number of fused-ring (bicyclic) bond motifs is 1. The smallest absolute Gasteiger partial charge is 0.343 e. The highest BCUT2D eigenvalue weighted by Crippen LogP contribution is 2.31. The van der Waals surface area contributed by atoms with Crippen LogP contribution in [0.5, 0.6) is 5.75 Å². The van der Waals surface area contributed by atoms with Crippen molar-refractivity contribution in [3.63, 3.8) is 0 Å². The van der Waals surface area contributed by atoms with Crippen molar-refractivity contribution in [1.29, 1.82) is 0 Å². The van der Waals surface area contributed by atoms with Gasteiger partial charge in [-0.2, -0.15) is 0 Å². The van der Waals surface area contributed by atoms with Gasteiger partial charge in [0.05, 0.1) is 36.1 Å². The van der Waals surface area contributed by atoms with Crippen molar-refractivity contribution >= 4 is 29.4 Å². The largest absolute Gasteiger partial charge is 0.481 e. The first-order valence-corrected chi connectivity index (χ1v) is 12.6. The van der Waals surface area contributed by atoms with E-state index in [9.17, 15) is 14.4 Å². The van der Waals surface area contributed by atoms with Crippen LogP contribution in [0.2, 0.25) is 0 Å². The molecule has 1 aliphatic heterocycles. The molecule has 8 nitrogen and oxygen atoms in total. The van der Waals surface area contributed by atoms with Crippen LogP contribution >= 0.6 is 11.3 Å². The Hall–Kier alpha value is -3.98. The Kier molecular flexibility index (Phi) is 7.73. The molecule has 0 amide bonds. The van der Waals surface area contributed by atoms with Crippen molar-refractivity contribution in [2.45, 2.75) is 32.7 Å². The molecule has 9 heteroatoms. The van der Waals surface area contributed by atoms with Gasteiger partial charge in [-0.15, -0.1) is 0 Å². The fraction of sp³-hybridized carbons (Fsp3) is 0.286. The van der Waals surface area contributed by atoms with Gasteiger partial charge < -0.3 is 14.2 Å². The van der Waals surface area contributed by atoms with Crippen molar-refractivity contribution in [3.05, 3.63) is 96.2 Å². The number of carbonyl (C=O) groups is 2. The average molecular weight is 521 g/mol. The van der Waals surface area contributed by atoms with Gasteiger partial charge in [0, 0.05) is 5.56 Å². The zero-order chi connectivity index (χ0) is 26.7. The lowest BCUT2D eigenvalue weighted by Crippen LogP contribution is -2.39. The number of ether oxygens (including phenoxy) is 3. The SMILES string of the molecule is COC(=O)COc1ccccc1/C=c1/sc2n(c1=O)C(c1ccc(C(C)C)cc1)C(C(=O)OC)=C(C)N=2. The maximum atomic E-state index is 13.8. The number of thiazole rings is 1. The first kappa shape index (κ1) is 26.1. The Bertz CT molecular complexity index is 1550. The Morgan fingerprint density at radius 2 is 1.78 bits per heavy atom. The topological polar surface area (TPSA) is 96.2 Å². The predicted molar refractivity (Wildman–Crippen MR) is 140 cm³/mol. The summed E-state index contributed by atoms with van der Waals surface area (Å²) >= 11 is 1.22. The zero-order valence-electron chi connectivity index (χ0n) is 21.3. The molecule has 0 bridgehead atoms. The van der Waals surface area contributed by atoms with Crippen molar-refractivity contribution in [1.82, 2.24) is 4.57 Å². The Labute approximate surface area is 218 Å². The van der Waals surface area contributed by atoms with E-state index in [2.05, 4.69) is 23.6 Å². The predicted octanol–water partition coefficient (Wildman–Crippen LogP) is 3.08. The van der Waals surface area contributed by atoms with Crippen molar-refractivity contribution in [2.24, 2.45) is 4.99 Å². The fourth-order valence-electron chi connectivity index (χ4n) is 4.14. The molecule has 0 aliphatic carbocycles. The van der Waals surface area contributed by atoms with Crippen molar-refractivity contribution in [2.75, 3.05) is 20.8 Å². The molecule has 2 aromatic carbocycles. The van der Waals surface area contributed by atoms with Gasteiger partial charge in [-0.25, -0.2) is 14.6 Å². The van der Waals surface area contributed by atoms with E-state index in [1.165, 1.54) is 30.1 Å². The summed E-state index contributed by atoms with van der Waals surface area (Å²) < 4.78 is 17.3. The minimum atomic E-state index is -0.683. The molecular weight excluding hydrogens is 492 g/mol. The molecule has 1 aromatic heterocycles. The van der Waals surface area contributed by atoms with E-state index in [1.54, 1.807) is 31.2 Å². The molecular formula is C28H28N2O6S. The standard InChI is InChI=1S/C28H28N2O6S/c1-16(2)18-10-12-19(13-11-18)25-24(27(33)35-5)17(3)29-28-30(25)26(32)22(37-28)14-20-8-6-7-9-21(20)36-15-23(31)34-4/h6-14,16,25H,15H2,1-5H3/b22-14+. The molecule has 0 saturated heterocycles. The number of hydrogen-bond donors (Lipinski definition) is 0. The van der Waals surface area contributed by atoms with Crippen LogP contribution in [0.1, 0.15) is 49.4 Å². The fourth-order valence-corrected chi connectivity index (χ4v) is 5.18. The number of esters is 2. The third kappa shape index (κ3) is 5.27. The maximum absolute atomic E-state index is 13.8. The molecule has 0 spiro atoms. The molecule has 0 N–H and O–H groups in total. The number of aromatic nitrogens is 1. The molecule has 0 saturated carbocycles. The number of allylic oxidation sites excluding steroid dienone is 1. The highest BCUT2D eigenvalue weighted by molar-refractivity contribution is 7.07. The molecule has 192 valence electrons. The number of hydrogen-bond acceptors (Lipinski definition) is 8. The van der Waals surface area contributed by atoms with E-state index in [-0.39, 0.29) is 12.2 Å². The molecule has 1 atom stereocenters. The molecule has 0 fully saturated rings. The van der Waals surface area contributed by atoms with Gasteiger partial charge in [-0.3, -0.25) is 9.36 Å². The van der Waals surface area contributed by atoms with Crippen LogP contribution in [-0.2, 0) is 19.1 Å². The first-order valence-electron chi connectivity index (χ1n) is 11.7. The molecule has 4 rings (SSSR count). The lowest BCUT2D eigenvalue weighted by molar-refractivity contribution is -0.143. The monoisotopic (exact) mass is 520 g/mol. The normalized spacial score (nSPS) is 15.3. The summed E-state index contributed by atoms with van der Waals surface area (Å²) in [6.07, 6.45) is 1.70. The van der Waals surface area contributed by atoms with E-state index in [4.69, 9.17) is 9.47 Å². The number of rotatable bonds is 7. The van der Waals surface area contributed by atoms with Crippen LogP contribution in [0, 0.1) is 0 Å². The van der Waals surface area contributed by atoms with Gasteiger partial charge in [0.1, 0.15) is 5.75 Å². The summed E-state index contributed by atoms with van der Waals surface area (Å²) in [5.41, 5.74) is 3.09. The van der Waals surface area contributed by atoms with Crippen molar-refractivity contribution < 1.29 is 23.8 Å². The summed E-state index contributed by atoms with van der Waals surface area (Å²) in [5.74, 6) is -0.264. The van der Waals surface area contributed by atoms with Crippen LogP contribution in [0.3, 0.4) is 0 Å². The molecule has 1 unspecified atom stereocenters. The lowest BCUT2D eigenvalue weighted by Gasteiger charge is -2.24. The molecule has 3 aromatic rings. The second-order valence-corrected chi connectivity index (χ2v) is 9.81. The summed E-state index contributed by atoms with van der Waals surface area (Å²) in [6.45, 7) is 5.70. The first-order chi connectivity index (χ1) is 17.7. The van der Waals surface area contributed by atoms with E-state index in [1.807, 2.05) is 30.3 Å². The van der Waals surface area contributed by atoms with Gasteiger partial charge in [-0.1, -0.05) is 67.6 Å². The quantitative estimate of drug-likeness (QED) is 0.445. The third-order valence-corrected chi connectivity index (χ3v) is 7.11. The Morgan fingerprint density at radius 1 is 1.08 bits per heavy atom. The Balaban J connectivity index is 1.87. The second-order valence-electron chi connectivity index (χ2n) is 8.80. The Morgan fingerprint density at radius 3 is 2.43 bits per heavy atom. The van der Waals surface area contributed by atoms with Crippen LogP contribution in [0.15, 0.2) is 69.6 Å². The van der Waals surface area contributed by atoms with E-state index in [0.717, 1.165) is 11.1 Å². The van der Waals surface area contributed by atoms with Gasteiger partial charge in [0.2, 0.25) is 0 Å². The van der Waals surface area contributed by atoms with Gasteiger partial charge in [-0.05, 0) is 36.1 Å². The molecule has 1 aliphatic rings. The molecule has 2 heterocycles. The van der Waals surface area contributed by atoms with Crippen LogP contribution < -0.4 is 19.6 Å². The number of carbonyl (C=O) groups excluding carboxylic acids is 2. The van der Waals surface area contributed by atoms with Crippen LogP contribution in [-0.4, -0.2) is 37.3 Å². The van der Waals surface area contributed by atoms with Crippen molar-refractivity contribution in [3.8, 4) is 5.75 Å². The van der Waals surface area contributed by atoms with E-state index < -0.39 is 18.0 Å². The van der Waals surface area contributed by atoms with Crippen LogP contribution in [0.25, 0.3) is 6.08 Å². The molecule has 37 heavy (non-hydrogen) atoms. The zero-order valence-corrected chi connectivity index (χ0v) is 22.1. The summed E-state index contributed by atoms with van der Waals surface area (Å²) in [6, 6.07) is 14.3. The summed E-state index contributed by atoms with van der Waals surface area (Å²) in [4.78, 5) is 43.2. The second kappa shape index (κ2) is 11.0. The summed E-state index contributed by atoms with van der Waals surface area (Å²) in [5, 5.41) is 0. The van der Waals surface area contributed by atoms with Crippen LogP contribution in [0.4, 0.5) is 0 Å². The number of para-hydroxylation sites is 1. The number of benzene rings is 2. The lowest BCUT2D eigenvalue weighted by atomic mass is 9.93. The highest BCUT2D eigenvalue weighted by Gasteiger charge is 2.33. The van der Waals surface area contributed by atoms with Gasteiger partial charge >= 0.3 is 11.9 Å². The minimum Gasteiger partial charge on any atom is -0.481 e. The summed E-state index contributed by atoms with van der Waals surface area (Å²) in [7, 11) is 2.60. The number of nitrogens with zero attached hydrogens (tertiary/aromatic N) is 2. The molecule has 0 radical (unpaired) electrons. The van der Waals surface area contributed by atoms with E-state index >= 15 is 0 Å². The maximum Gasteiger partial charge on any atom is 0.343 e. The minimum absolute atomic E-state index is 0.253. The average Bonchev–Trinajstić information content (AvgIpc) is 3.20. The highest BCUT2D eigenvalue weighted by atomic mass is 32.1. The third-order valence-electron chi connectivity index (χ3n) is 6.12. The van der Waals surface area contributed by atoms with Gasteiger partial charge in [0.15, 0.2) is 11.4 Å².